The molecule has 88 valence electrons. The van der Waals surface area contributed by atoms with Gasteiger partial charge in [-0.1, -0.05) is 12.2 Å². The van der Waals surface area contributed by atoms with Crippen molar-refractivity contribution in [2.75, 3.05) is 18.5 Å². The molecule has 0 aliphatic heterocycles. The molecular formula is C13H19FN2. The standard InChI is InChI=1S/C13H19FN2/c1-9(2)8-16(4)13-6-5-11(14)7-12(13)10(3)15/h5-7,10H,1,8,15H2,2-4H3. The Hall–Kier alpha value is -1.35. The first-order valence-electron chi connectivity index (χ1n) is 5.32. The summed E-state index contributed by atoms with van der Waals surface area (Å²) in [6, 6.07) is 4.53. The van der Waals surface area contributed by atoms with Gasteiger partial charge in [0.2, 0.25) is 0 Å². The van der Waals surface area contributed by atoms with Crippen LogP contribution in [-0.4, -0.2) is 13.6 Å². The number of rotatable bonds is 4. The minimum Gasteiger partial charge on any atom is -0.370 e. The summed E-state index contributed by atoms with van der Waals surface area (Å²) in [6.45, 7) is 8.43. The Morgan fingerprint density at radius 1 is 1.56 bits per heavy atom. The highest BCUT2D eigenvalue weighted by atomic mass is 19.1. The Labute approximate surface area is 96.6 Å². The topological polar surface area (TPSA) is 29.3 Å². The Kier molecular flexibility index (Phi) is 4.07. The molecule has 0 saturated carbocycles. The monoisotopic (exact) mass is 222 g/mol. The average Bonchev–Trinajstić information content (AvgIpc) is 2.16. The summed E-state index contributed by atoms with van der Waals surface area (Å²) in [5.41, 5.74) is 8.67. The van der Waals surface area contributed by atoms with Gasteiger partial charge in [-0.25, -0.2) is 4.39 Å². The summed E-state index contributed by atoms with van der Waals surface area (Å²) >= 11 is 0. The van der Waals surface area contributed by atoms with Crippen LogP contribution in [0.25, 0.3) is 0 Å². The molecule has 0 fully saturated rings. The van der Waals surface area contributed by atoms with Crippen molar-refractivity contribution in [3.63, 3.8) is 0 Å². The molecule has 2 N–H and O–H groups in total. The molecule has 1 aromatic rings. The van der Waals surface area contributed by atoms with Gasteiger partial charge in [-0.15, -0.1) is 0 Å². The summed E-state index contributed by atoms with van der Waals surface area (Å²) in [4.78, 5) is 2.03. The van der Waals surface area contributed by atoms with Crippen LogP contribution < -0.4 is 10.6 Å². The number of likely N-dealkylation sites (N-methyl/N-ethyl adjacent to an activating group) is 1. The molecule has 2 nitrogen and oxygen atoms in total. The molecular weight excluding hydrogens is 203 g/mol. The number of hydrogen-bond donors (Lipinski definition) is 1. The lowest BCUT2D eigenvalue weighted by molar-refractivity contribution is 0.622. The van der Waals surface area contributed by atoms with E-state index < -0.39 is 0 Å². The van der Waals surface area contributed by atoms with Gasteiger partial charge in [0.05, 0.1) is 0 Å². The third-order valence-corrected chi connectivity index (χ3v) is 2.40. The van der Waals surface area contributed by atoms with Crippen molar-refractivity contribution in [3.05, 3.63) is 41.7 Å². The fourth-order valence-corrected chi connectivity index (χ4v) is 1.73. The van der Waals surface area contributed by atoms with Crippen LogP contribution in [0.1, 0.15) is 25.5 Å². The lowest BCUT2D eigenvalue weighted by atomic mass is 10.1. The van der Waals surface area contributed by atoms with E-state index >= 15 is 0 Å². The lowest BCUT2D eigenvalue weighted by Crippen LogP contribution is -2.22. The average molecular weight is 222 g/mol. The second-order valence-corrected chi connectivity index (χ2v) is 4.30. The quantitative estimate of drug-likeness (QED) is 0.794. The Balaban J connectivity index is 3.07. The molecule has 0 heterocycles. The molecule has 0 amide bonds. The van der Waals surface area contributed by atoms with E-state index in [-0.39, 0.29) is 11.9 Å². The molecule has 16 heavy (non-hydrogen) atoms. The van der Waals surface area contributed by atoms with Gasteiger partial charge in [-0.2, -0.15) is 0 Å². The number of hydrogen-bond acceptors (Lipinski definition) is 2. The first kappa shape index (κ1) is 12.7. The van der Waals surface area contributed by atoms with Crippen LogP contribution >= 0.6 is 0 Å². The highest BCUT2D eigenvalue weighted by Gasteiger charge is 2.11. The van der Waals surface area contributed by atoms with Gasteiger partial charge in [-0.05, 0) is 37.6 Å². The zero-order valence-corrected chi connectivity index (χ0v) is 10.1. The van der Waals surface area contributed by atoms with Gasteiger partial charge < -0.3 is 10.6 Å². The molecule has 0 saturated heterocycles. The summed E-state index contributed by atoms with van der Waals surface area (Å²) in [5.74, 6) is -0.250. The van der Waals surface area contributed by atoms with Crippen molar-refractivity contribution in [2.24, 2.45) is 5.73 Å². The van der Waals surface area contributed by atoms with E-state index in [0.29, 0.717) is 0 Å². The third kappa shape index (κ3) is 3.07. The fraction of sp³-hybridized carbons (Fsp3) is 0.385. The van der Waals surface area contributed by atoms with Crippen LogP contribution in [0.4, 0.5) is 10.1 Å². The maximum atomic E-state index is 13.1. The third-order valence-electron chi connectivity index (χ3n) is 2.40. The van der Waals surface area contributed by atoms with Crippen molar-refractivity contribution in [2.45, 2.75) is 19.9 Å². The van der Waals surface area contributed by atoms with E-state index in [1.54, 1.807) is 6.07 Å². The molecule has 0 radical (unpaired) electrons. The summed E-state index contributed by atoms with van der Waals surface area (Å²) in [6.07, 6.45) is 0. The molecule has 0 bridgehead atoms. The molecule has 0 aliphatic carbocycles. The number of nitrogens with zero attached hydrogens (tertiary/aromatic N) is 1. The number of halogens is 1. The van der Waals surface area contributed by atoms with E-state index in [2.05, 4.69) is 6.58 Å². The Morgan fingerprint density at radius 3 is 2.69 bits per heavy atom. The zero-order chi connectivity index (χ0) is 12.3. The second-order valence-electron chi connectivity index (χ2n) is 4.30. The molecule has 0 spiro atoms. The highest BCUT2D eigenvalue weighted by Crippen LogP contribution is 2.25. The first-order chi connectivity index (χ1) is 7.41. The van der Waals surface area contributed by atoms with Gasteiger partial charge in [-0.3, -0.25) is 0 Å². The molecule has 3 heteroatoms. The normalized spacial score (nSPS) is 12.3. The van der Waals surface area contributed by atoms with Crippen molar-refractivity contribution >= 4 is 5.69 Å². The van der Waals surface area contributed by atoms with Crippen molar-refractivity contribution in [1.82, 2.24) is 0 Å². The Morgan fingerprint density at radius 2 is 2.19 bits per heavy atom. The molecule has 1 aromatic carbocycles. The SMILES string of the molecule is C=C(C)CN(C)c1ccc(F)cc1C(C)N. The maximum Gasteiger partial charge on any atom is 0.123 e. The van der Waals surface area contributed by atoms with Crippen LogP contribution in [0.15, 0.2) is 30.4 Å². The van der Waals surface area contributed by atoms with Crippen LogP contribution in [0, 0.1) is 5.82 Å². The van der Waals surface area contributed by atoms with Gasteiger partial charge in [0.15, 0.2) is 0 Å². The predicted octanol–water partition coefficient (Wildman–Crippen LogP) is 2.86. The molecule has 0 aliphatic rings. The lowest BCUT2D eigenvalue weighted by Gasteiger charge is -2.24. The van der Waals surface area contributed by atoms with E-state index in [4.69, 9.17) is 5.73 Å². The van der Waals surface area contributed by atoms with E-state index in [1.807, 2.05) is 25.8 Å². The van der Waals surface area contributed by atoms with E-state index in [0.717, 1.165) is 23.4 Å². The van der Waals surface area contributed by atoms with Crippen LogP contribution in [0.2, 0.25) is 0 Å². The second kappa shape index (κ2) is 5.12. The van der Waals surface area contributed by atoms with Crippen molar-refractivity contribution in [3.8, 4) is 0 Å². The van der Waals surface area contributed by atoms with Gasteiger partial charge >= 0.3 is 0 Å². The molecule has 1 atom stereocenters. The van der Waals surface area contributed by atoms with Crippen molar-refractivity contribution in [1.29, 1.82) is 0 Å². The summed E-state index contributed by atoms with van der Waals surface area (Å²) in [7, 11) is 1.95. The number of benzene rings is 1. The van der Waals surface area contributed by atoms with Crippen LogP contribution in [-0.2, 0) is 0 Å². The summed E-state index contributed by atoms with van der Waals surface area (Å²) in [5, 5.41) is 0. The first-order valence-corrected chi connectivity index (χ1v) is 5.32. The minimum atomic E-state index is -0.250. The molecule has 1 rings (SSSR count). The van der Waals surface area contributed by atoms with Gasteiger partial charge in [0.1, 0.15) is 5.82 Å². The molecule has 0 aromatic heterocycles. The fourth-order valence-electron chi connectivity index (χ4n) is 1.73. The van der Waals surface area contributed by atoms with Gasteiger partial charge in [0.25, 0.3) is 0 Å². The van der Waals surface area contributed by atoms with E-state index in [1.165, 1.54) is 12.1 Å². The van der Waals surface area contributed by atoms with Gasteiger partial charge in [0, 0.05) is 25.3 Å². The van der Waals surface area contributed by atoms with Crippen LogP contribution in [0.5, 0.6) is 0 Å². The summed E-state index contributed by atoms with van der Waals surface area (Å²) < 4.78 is 13.1. The highest BCUT2D eigenvalue weighted by molar-refractivity contribution is 5.55. The van der Waals surface area contributed by atoms with E-state index in [9.17, 15) is 4.39 Å². The zero-order valence-electron chi connectivity index (χ0n) is 10.1. The predicted molar refractivity (Wildman–Crippen MR) is 67.1 cm³/mol. The number of anilines is 1. The van der Waals surface area contributed by atoms with Crippen LogP contribution in [0.3, 0.4) is 0 Å². The van der Waals surface area contributed by atoms with Crippen molar-refractivity contribution < 1.29 is 4.39 Å². The number of nitrogens with two attached hydrogens (primary N) is 1. The largest absolute Gasteiger partial charge is 0.370 e. The molecule has 1 unspecified atom stereocenters. The smallest absolute Gasteiger partial charge is 0.123 e. The Bertz CT molecular complexity index is 386. The maximum absolute atomic E-state index is 13.1. The minimum absolute atomic E-state index is 0.182.